The maximum absolute atomic E-state index is 13.5. The summed E-state index contributed by atoms with van der Waals surface area (Å²) in [6.07, 6.45) is 0.954. The van der Waals surface area contributed by atoms with Gasteiger partial charge in [0.25, 0.3) is 0 Å². The van der Waals surface area contributed by atoms with Crippen LogP contribution >= 0.6 is 11.6 Å². The van der Waals surface area contributed by atoms with Gasteiger partial charge in [-0.25, -0.2) is 12.8 Å². The van der Waals surface area contributed by atoms with Crippen LogP contribution in [0.1, 0.15) is 5.56 Å². The molecule has 0 saturated heterocycles. The van der Waals surface area contributed by atoms with Crippen molar-refractivity contribution < 1.29 is 17.6 Å². The molecule has 25 heavy (non-hydrogen) atoms. The fourth-order valence-electron chi connectivity index (χ4n) is 2.29. The molecule has 134 valence electrons. The Bertz CT molecular complexity index is 858. The highest BCUT2D eigenvalue weighted by molar-refractivity contribution is 7.92. The van der Waals surface area contributed by atoms with Crippen molar-refractivity contribution >= 4 is 33.2 Å². The van der Waals surface area contributed by atoms with Crippen LogP contribution in [0.3, 0.4) is 0 Å². The lowest BCUT2D eigenvalue weighted by Crippen LogP contribution is -2.38. The summed E-state index contributed by atoms with van der Waals surface area (Å²) >= 11 is 6.06. The van der Waals surface area contributed by atoms with Crippen molar-refractivity contribution in [2.75, 3.05) is 23.7 Å². The van der Waals surface area contributed by atoms with Crippen LogP contribution < -0.4 is 9.62 Å². The molecule has 0 atom stereocenters. The Kier molecular flexibility index (Phi) is 6.39. The Hall–Kier alpha value is -2.12. The topological polar surface area (TPSA) is 66.5 Å². The minimum absolute atomic E-state index is 0.0194. The van der Waals surface area contributed by atoms with E-state index >= 15 is 0 Å². The molecule has 0 unspecified atom stereocenters. The van der Waals surface area contributed by atoms with E-state index in [2.05, 4.69) is 5.32 Å². The number of sulfonamides is 1. The van der Waals surface area contributed by atoms with Crippen molar-refractivity contribution in [3.05, 3.63) is 64.9 Å². The molecule has 0 aliphatic carbocycles. The molecule has 0 aliphatic heterocycles. The Morgan fingerprint density at radius 2 is 1.80 bits per heavy atom. The van der Waals surface area contributed by atoms with Gasteiger partial charge in [-0.1, -0.05) is 41.9 Å². The molecule has 0 fully saturated rings. The van der Waals surface area contributed by atoms with Crippen LogP contribution in [0, 0.1) is 5.82 Å². The smallest absolute Gasteiger partial charge is 0.232 e. The predicted octanol–water partition coefficient (Wildman–Crippen LogP) is 2.60. The van der Waals surface area contributed by atoms with E-state index in [1.54, 1.807) is 36.4 Å². The van der Waals surface area contributed by atoms with Crippen LogP contribution in [0.2, 0.25) is 5.02 Å². The molecule has 1 amide bonds. The molecule has 1 N–H and O–H groups in total. The number of para-hydroxylation sites is 1. The van der Waals surface area contributed by atoms with Crippen LogP contribution in [0.5, 0.6) is 0 Å². The molecule has 2 aromatic carbocycles. The van der Waals surface area contributed by atoms with Crippen molar-refractivity contribution in [1.29, 1.82) is 0 Å². The van der Waals surface area contributed by atoms with E-state index in [1.807, 2.05) is 0 Å². The van der Waals surface area contributed by atoms with Crippen molar-refractivity contribution in [3.8, 4) is 0 Å². The number of benzene rings is 2. The third kappa shape index (κ3) is 5.44. The van der Waals surface area contributed by atoms with Crippen molar-refractivity contribution in [2.24, 2.45) is 0 Å². The lowest BCUT2D eigenvalue weighted by atomic mass is 10.1. The summed E-state index contributed by atoms with van der Waals surface area (Å²) in [7, 11) is -3.57. The Morgan fingerprint density at radius 3 is 2.44 bits per heavy atom. The first-order valence-corrected chi connectivity index (χ1v) is 9.74. The zero-order chi connectivity index (χ0) is 18.4. The van der Waals surface area contributed by atoms with E-state index in [0.29, 0.717) is 10.7 Å². The number of amides is 1. The van der Waals surface area contributed by atoms with Gasteiger partial charge in [0.1, 0.15) is 5.82 Å². The van der Waals surface area contributed by atoms with Gasteiger partial charge in [0, 0.05) is 6.54 Å². The number of hydrogen-bond donors (Lipinski definition) is 1. The molecular formula is C17H18ClFN2O3S. The van der Waals surface area contributed by atoms with E-state index < -0.39 is 21.7 Å². The highest BCUT2D eigenvalue weighted by atomic mass is 35.5. The number of anilines is 1. The van der Waals surface area contributed by atoms with Gasteiger partial charge in [0.2, 0.25) is 15.9 Å². The van der Waals surface area contributed by atoms with Crippen LogP contribution in [-0.2, 0) is 21.2 Å². The van der Waals surface area contributed by atoms with Crippen LogP contribution in [-0.4, -0.2) is 33.7 Å². The fourth-order valence-corrected chi connectivity index (χ4v) is 3.52. The highest BCUT2D eigenvalue weighted by Crippen LogP contribution is 2.26. The van der Waals surface area contributed by atoms with Crippen molar-refractivity contribution in [1.82, 2.24) is 5.32 Å². The summed E-state index contributed by atoms with van der Waals surface area (Å²) in [5.74, 6) is -0.843. The molecule has 0 aromatic heterocycles. The standard InChI is InChI=1S/C17H18ClFN2O3S/c1-25(23,24)21(16-9-5-3-7-14(16)18)11-10-20-17(22)12-13-6-2-4-8-15(13)19/h2-9H,10-12H2,1H3,(H,20,22). The summed E-state index contributed by atoms with van der Waals surface area (Å²) in [5, 5.41) is 2.89. The Morgan fingerprint density at radius 1 is 1.16 bits per heavy atom. The molecule has 5 nitrogen and oxygen atoms in total. The van der Waals surface area contributed by atoms with E-state index in [4.69, 9.17) is 11.6 Å². The van der Waals surface area contributed by atoms with Crippen LogP contribution in [0.15, 0.2) is 48.5 Å². The third-order valence-electron chi connectivity index (χ3n) is 3.47. The summed E-state index contributed by atoms with van der Waals surface area (Å²) < 4.78 is 38.7. The van der Waals surface area contributed by atoms with Crippen LogP contribution in [0.25, 0.3) is 0 Å². The van der Waals surface area contributed by atoms with Gasteiger partial charge in [-0.15, -0.1) is 0 Å². The summed E-state index contributed by atoms with van der Waals surface area (Å²) in [6, 6.07) is 12.6. The number of halogens is 2. The van der Waals surface area contributed by atoms with Crippen molar-refractivity contribution in [3.63, 3.8) is 0 Å². The maximum atomic E-state index is 13.5. The van der Waals surface area contributed by atoms with Gasteiger partial charge in [-0.2, -0.15) is 0 Å². The molecule has 2 rings (SSSR count). The first kappa shape index (κ1) is 19.2. The molecular weight excluding hydrogens is 367 g/mol. The third-order valence-corrected chi connectivity index (χ3v) is 4.97. The largest absolute Gasteiger partial charge is 0.354 e. The first-order valence-electron chi connectivity index (χ1n) is 7.51. The van der Waals surface area contributed by atoms with Gasteiger partial charge in [0.05, 0.1) is 29.9 Å². The number of carbonyl (C=O) groups excluding carboxylic acids is 1. The quantitative estimate of drug-likeness (QED) is 0.798. The summed E-state index contributed by atoms with van der Waals surface area (Å²) in [4.78, 5) is 11.9. The van der Waals surface area contributed by atoms with Gasteiger partial charge >= 0.3 is 0 Å². The lowest BCUT2D eigenvalue weighted by molar-refractivity contribution is -0.120. The second-order valence-corrected chi connectivity index (χ2v) is 7.72. The molecule has 0 spiro atoms. The number of rotatable bonds is 7. The van der Waals surface area contributed by atoms with Gasteiger partial charge in [0.15, 0.2) is 0 Å². The van der Waals surface area contributed by atoms with Gasteiger partial charge in [-0.05, 0) is 23.8 Å². The summed E-state index contributed by atoms with van der Waals surface area (Å²) in [6.45, 7) is 0.0944. The lowest BCUT2D eigenvalue weighted by Gasteiger charge is -2.23. The second-order valence-electron chi connectivity index (χ2n) is 5.40. The minimum Gasteiger partial charge on any atom is -0.354 e. The predicted molar refractivity (Wildman–Crippen MR) is 96.8 cm³/mol. The second kappa shape index (κ2) is 8.31. The normalized spacial score (nSPS) is 11.2. The molecule has 0 saturated carbocycles. The molecule has 0 bridgehead atoms. The van der Waals surface area contributed by atoms with E-state index in [0.717, 1.165) is 10.6 Å². The molecule has 8 heteroatoms. The Labute approximate surface area is 151 Å². The Balaban J connectivity index is 1.99. The average Bonchev–Trinajstić information content (AvgIpc) is 2.54. The maximum Gasteiger partial charge on any atom is 0.232 e. The van der Waals surface area contributed by atoms with E-state index in [-0.39, 0.29) is 25.1 Å². The minimum atomic E-state index is -3.57. The first-order chi connectivity index (χ1) is 11.8. The molecule has 0 heterocycles. The number of hydrogen-bond acceptors (Lipinski definition) is 3. The molecule has 0 radical (unpaired) electrons. The SMILES string of the molecule is CS(=O)(=O)N(CCNC(=O)Cc1ccccc1F)c1ccccc1Cl. The average molecular weight is 385 g/mol. The van der Waals surface area contributed by atoms with E-state index in [9.17, 15) is 17.6 Å². The van der Waals surface area contributed by atoms with Crippen molar-refractivity contribution in [2.45, 2.75) is 6.42 Å². The number of nitrogens with zero attached hydrogens (tertiary/aromatic N) is 1. The van der Waals surface area contributed by atoms with Crippen LogP contribution in [0.4, 0.5) is 10.1 Å². The van der Waals surface area contributed by atoms with E-state index in [1.165, 1.54) is 12.1 Å². The fraction of sp³-hybridized carbons (Fsp3) is 0.235. The number of nitrogens with one attached hydrogen (secondary N) is 1. The summed E-state index contributed by atoms with van der Waals surface area (Å²) in [5.41, 5.74) is 0.626. The zero-order valence-electron chi connectivity index (χ0n) is 13.6. The zero-order valence-corrected chi connectivity index (χ0v) is 15.1. The highest BCUT2D eigenvalue weighted by Gasteiger charge is 2.19. The molecule has 2 aromatic rings. The number of carbonyl (C=O) groups is 1. The van der Waals surface area contributed by atoms with Gasteiger partial charge in [-0.3, -0.25) is 9.10 Å². The monoisotopic (exact) mass is 384 g/mol. The molecule has 0 aliphatic rings. The van der Waals surface area contributed by atoms with Gasteiger partial charge < -0.3 is 5.32 Å².